The summed E-state index contributed by atoms with van der Waals surface area (Å²) in [5.41, 5.74) is 0.339. The maximum Gasteiger partial charge on any atom is 0.167 e. The fourth-order valence-corrected chi connectivity index (χ4v) is 1.71. The van der Waals surface area contributed by atoms with E-state index in [9.17, 15) is 13.6 Å². The van der Waals surface area contributed by atoms with E-state index in [0.717, 1.165) is 6.07 Å². The Balaban J connectivity index is 2.24. The summed E-state index contributed by atoms with van der Waals surface area (Å²) < 4.78 is 26.4. The highest BCUT2D eigenvalue weighted by molar-refractivity contribution is 6.29. The van der Waals surface area contributed by atoms with Gasteiger partial charge in [-0.25, -0.2) is 13.8 Å². The predicted octanol–water partition coefficient (Wildman–Crippen LogP) is 3.44. The summed E-state index contributed by atoms with van der Waals surface area (Å²) in [6.07, 6.45) is 1.17. The Hall–Kier alpha value is -1.81. The number of rotatable bonds is 3. The topological polar surface area (TPSA) is 30.0 Å². The summed E-state index contributed by atoms with van der Waals surface area (Å²) >= 11 is 5.65. The summed E-state index contributed by atoms with van der Waals surface area (Å²) in [5.74, 6) is -2.30. The maximum atomic E-state index is 13.4. The van der Waals surface area contributed by atoms with Crippen LogP contribution >= 0.6 is 11.6 Å². The lowest BCUT2D eigenvalue weighted by Gasteiger charge is -2.03. The highest BCUT2D eigenvalue weighted by atomic mass is 35.5. The van der Waals surface area contributed by atoms with Crippen LogP contribution in [0.4, 0.5) is 8.78 Å². The summed E-state index contributed by atoms with van der Waals surface area (Å²) in [6, 6.07) is 6.61. The van der Waals surface area contributed by atoms with Crippen LogP contribution < -0.4 is 0 Å². The molecular weight excluding hydrogens is 260 g/mol. The summed E-state index contributed by atoms with van der Waals surface area (Å²) in [4.78, 5) is 15.6. The van der Waals surface area contributed by atoms with Crippen molar-refractivity contribution in [2.75, 3.05) is 0 Å². The van der Waals surface area contributed by atoms with Gasteiger partial charge in [0.1, 0.15) is 5.15 Å². The van der Waals surface area contributed by atoms with Crippen LogP contribution in [0.2, 0.25) is 5.15 Å². The van der Waals surface area contributed by atoms with E-state index in [1.54, 1.807) is 0 Å². The minimum Gasteiger partial charge on any atom is -0.294 e. The molecule has 0 amide bonds. The Labute approximate surface area is 107 Å². The van der Waals surface area contributed by atoms with Crippen molar-refractivity contribution in [3.8, 4) is 0 Å². The van der Waals surface area contributed by atoms with Crippen LogP contribution in [-0.4, -0.2) is 10.8 Å². The third-order valence-electron chi connectivity index (χ3n) is 2.43. The third-order valence-corrected chi connectivity index (χ3v) is 2.64. The van der Waals surface area contributed by atoms with E-state index in [1.165, 1.54) is 30.5 Å². The lowest BCUT2D eigenvalue weighted by Crippen LogP contribution is -2.06. The van der Waals surface area contributed by atoms with Crippen molar-refractivity contribution in [2.24, 2.45) is 0 Å². The molecule has 0 aliphatic heterocycles. The first kappa shape index (κ1) is 12.6. The predicted molar refractivity (Wildman–Crippen MR) is 63.6 cm³/mol. The zero-order valence-corrected chi connectivity index (χ0v) is 9.92. The first-order chi connectivity index (χ1) is 8.58. The molecule has 5 heteroatoms. The Morgan fingerprint density at radius 2 is 2.06 bits per heavy atom. The van der Waals surface area contributed by atoms with Crippen LogP contribution in [0.15, 0.2) is 36.5 Å². The largest absolute Gasteiger partial charge is 0.294 e. The van der Waals surface area contributed by atoms with E-state index in [1.807, 2.05) is 0 Å². The van der Waals surface area contributed by atoms with Gasteiger partial charge in [-0.15, -0.1) is 0 Å². The smallest absolute Gasteiger partial charge is 0.167 e. The molecule has 0 fully saturated rings. The first-order valence-electron chi connectivity index (χ1n) is 5.15. The van der Waals surface area contributed by atoms with Crippen molar-refractivity contribution < 1.29 is 13.6 Å². The summed E-state index contributed by atoms with van der Waals surface area (Å²) in [5, 5.41) is 0.181. The second-order valence-electron chi connectivity index (χ2n) is 3.68. The number of Topliss-reactive ketones (excluding diaryl/α,β-unsaturated/α-hetero) is 1. The number of hydrogen-bond acceptors (Lipinski definition) is 2. The van der Waals surface area contributed by atoms with E-state index in [2.05, 4.69) is 4.98 Å². The Kier molecular flexibility index (Phi) is 3.67. The van der Waals surface area contributed by atoms with Crippen LogP contribution in [-0.2, 0) is 6.42 Å². The van der Waals surface area contributed by atoms with Crippen LogP contribution in [0.1, 0.15) is 15.9 Å². The number of hydrogen-bond donors (Lipinski definition) is 0. The second kappa shape index (κ2) is 5.23. The number of nitrogens with zero attached hydrogens (tertiary/aromatic N) is 1. The number of aromatic nitrogens is 1. The molecule has 0 radical (unpaired) electrons. The fourth-order valence-electron chi connectivity index (χ4n) is 1.54. The third kappa shape index (κ3) is 2.71. The fraction of sp³-hybridized carbons (Fsp3) is 0.0769. The van der Waals surface area contributed by atoms with Gasteiger partial charge in [0.05, 0.1) is 0 Å². The van der Waals surface area contributed by atoms with E-state index in [-0.39, 0.29) is 22.9 Å². The van der Waals surface area contributed by atoms with Crippen LogP contribution in [0, 0.1) is 11.6 Å². The Morgan fingerprint density at radius 3 is 2.78 bits per heavy atom. The number of carbonyl (C=O) groups excluding carboxylic acids is 1. The molecule has 1 heterocycles. The maximum absolute atomic E-state index is 13.4. The molecule has 1 aromatic carbocycles. The quantitative estimate of drug-likeness (QED) is 0.630. The molecule has 2 rings (SSSR count). The molecule has 0 N–H and O–H groups in total. The van der Waals surface area contributed by atoms with Gasteiger partial charge in [-0.3, -0.25) is 4.79 Å². The molecule has 0 saturated heterocycles. The second-order valence-corrected chi connectivity index (χ2v) is 4.07. The highest BCUT2D eigenvalue weighted by Gasteiger charge is 2.13. The van der Waals surface area contributed by atoms with Gasteiger partial charge < -0.3 is 0 Å². The van der Waals surface area contributed by atoms with Crippen molar-refractivity contribution in [1.82, 2.24) is 4.98 Å². The van der Waals surface area contributed by atoms with E-state index >= 15 is 0 Å². The standard InChI is InChI=1S/C13H8ClF2NO/c14-12-7-8(4-5-17-12)11(18)6-9-2-1-3-10(15)13(9)16/h1-5,7H,6H2. The van der Waals surface area contributed by atoms with Crippen molar-refractivity contribution in [1.29, 1.82) is 0 Å². The van der Waals surface area contributed by atoms with Crippen molar-refractivity contribution >= 4 is 17.4 Å². The van der Waals surface area contributed by atoms with Crippen molar-refractivity contribution in [3.05, 3.63) is 64.4 Å². The molecule has 92 valence electrons. The van der Waals surface area contributed by atoms with Gasteiger partial charge >= 0.3 is 0 Å². The normalized spacial score (nSPS) is 10.4. The SMILES string of the molecule is O=C(Cc1cccc(F)c1F)c1ccnc(Cl)c1. The lowest BCUT2D eigenvalue weighted by atomic mass is 10.0. The average Bonchev–Trinajstić information content (AvgIpc) is 2.35. The minimum atomic E-state index is -0.994. The van der Waals surface area contributed by atoms with Gasteiger partial charge in [0.2, 0.25) is 0 Å². The summed E-state index contributed by atoms with van der Waals surface area (Å²) in [7, 11) is 0. The highest BCUT2D eigenvalue weighted by Crippen LogP contribution is 2.15. The van der Waals surface area contributed by atoms with Crippen molar-refractivity contribution in [2.45, 2.75) is 6.42 Å². The monoisotopic (exact) mass is 267 g/mol. The van der Waals surface area contributed by atoms with E-state index < -0.39 is 11.6 Å². The molecule has 1 aromatic heterocycles. The van der Waals surface area contributed by atoms with Gasteiger partial charge in [0, 0.05) is 18.2 Å². The first-order valence-corrected chi connectivity index (χ1v) is 5.53. The molecule has 0 unspecified atom stereocenters. The summed E-state index contributed by atoms with van der Waals surface area (Å²) in [6.45, 7) is 0. The molecule has 2 nitrogen and oxygen atoms in total. The molecule has 18 heavy (non-hydrogen) atoms. The molecule has 0 aliphatic rings. The van der Waals surface area contributed by atoms with Crippen LogP contribution in [0.3, 0.4) is 0 Å². The molecule has 2 aromatic rings. The number of pyridine rings is 1. The van der Waals surface area contributed by atoms with Crippen LogP contribution in [0.25, 0.3) is 0 Å². The molecule has 0 atom stereocenters. The van der Waals surface area contributed by atoms with Crippen LogP contribution in [0.5, 0.6) is 0 Å². The molecule has 0 bridgehead atoms. The minimum absolute atomic E-state index is 0.0212. The van der Waals surface area contributed by atoms with E-state index in [0.29, 0.717) is 5.56 Å². The number of halogens is 3. The number of ketones is 1. The van der Waals surface area contributed by atoms with Crippen molar-refractivity contribution in [3.63, 3.8) is 0 Å². The Bertz CT molecular complexity index is 601. The molecular formula is C13H8ClF2NO. The zero-order chi connectivity index (χ0) is 13.1. The average molecular weight is 268 g/mol. The number of benzene rings is 1. The van der Waals surface area contributed by atoms with Gasteiger partial charge in [-0.05, 0) is 23.8 Å². The molecule has 0 saturated carbocycles. The lowest BCUT2D eigenvalue weighted by molar-refractivity contribution is 0.0991. The van der Waals surface area contributed by atoms with Gasteiger partial charge in [-0.2, -0.15) is 0 Å². The Morgan fingerprint density at radius 1 is 1.28 bits per heavy atom. The van der Waals surface area contributed by atoms with E-state index in [4.69, 9.17) is 11.6 Å². The van der Waals surface area contributed by atoms with Gasteiger partial charge in [-0.1, -0.05) is 23.7 Å². The van der Waals surface area contributed by atoms with Gasteiger partial charge in [0.15, 0.2) is 17.4 Å². The zero-order valence-electron chi connectivity index (χ0n) is 9.16. The molecule has 0 aliphatic carbocycles. The van der Waals surface area contributed by atoms with Gasteiger partial charge in [0.25, 0.3) is 0 Å². The number of carbonyl (C=O) groups is 1. The molecule has 0 spiro atoms.